The van der Waals surface area contributed by atoms with Crippen LogP contribution in [0.15, 0.2) is 18.2 Å². The molecule has 0 saturated heterocycles. The molecule has 0 radical (unpaired) electrons. The molecule has 3 nitrogen and oxygen atoms in total. The first-order chi connectivity index (χ1) is 6.13. The summed E-state index contributed by atoms with van der Waals surface area (Å²) >= 11 is 0. The van der Waals surface area contributed by atoms with Crippen LogP contribution in [0.3, 0.4) is 0 Å². The molecule has 0 heterocycles. The monoisotopic (exact) mass is 182 g/mol. The highest BCUT2D eigenvalue weighted by Gasteiger charge is 2.06. The van der Waals surface area contributed by atoms with Crippen molar-refractivity contribution in [2.24, 2.45) is 0 Å². The third-order valence-corrected chi connectivity index (χ3v) is 1.79. The summed E-state index contributed by atoms with van der Waals surface area (Å²) in [6, 6.07) is 4.87. The maximum Gasteiger partial charge on any atom is 0.125 e. The van der Waals surface area contributed by atoms with Gasteiger partial charge in [0.2, 0.25) is 0 Å². The smallest absolute Gasteiger partial charge is 0.125 e. The minimum atomic E-state index is -0.404. The topological polar surface area (TPSA) is 49.7 Å². The van der Waals surface area contributed by atoms with Crippen LogP contribution in [0.5, 0.6) is 11.5 Å². The zero-order valence-electron chi connectivity index (χ0n) is 7.82. The number of hydrogen-bond donors (Lipinski definition) is 2. The Hall–Kier alpha value is -1.22. The van der Waals surface area contributed by atoms with Crippen LogP contribution in [-0.4, -0.2) is 23.4 Å². The van der Waals surface area contributed by atoms with E-state index in [1.54, 1.807) is 26.2 Å². The Kier molecular flexibility index (Phi) is 3.14. The molecule has 1 aromatic rings. The number of aliphatic hydroxyl groups excluding tert-OH is 1. The Morgan fingerprint density at radius 1 is 1.46 bits per heavy atom. The third-order valence-electron chi connectivity index (χ3n) is 1.79. The Morgan fingerprint density at radius 3 is 2.69 bits per heavy atom. The SMILES string of the molecule is COc1cc(O)ccc1CC(C)O. The predicted octanol–water partition coefficient (Wildman–Crippen LogP) is 1.32. The van der Waals surface area contributed by atoms with Gasteiger partial charge in [0.15, 0.2) is 0 Å². The summed E-state index contributed by atoms with van der Waals surface area (Å²) in [5.74, 6) is 0.784. The van der Waals surface area contributed by atoms with Gasteiger partial charge in [-0.05, 0) is 18.6 Å². The Balaban J connectivity index is 2.92. The molecule has 0 aliphatic heterocycles. The number of methoxy groups -OCH3 is 1. The van der Waals surface area contributed by atoms with Gasteiger partial charge in [0.25, 0.3) is 0 Å². The molecule has 1 aromatic carbocycles. The lowest BCUT2D eigenvalue weighted by Crippen LogP contribution is -2.05. The molecule has 0 aliphatic rings. The van der Waals surface area contributed by atoms with E-state index in [-0.39, 0.29) is 5.75 Å². The van der Waals surface area contributed by atoms with Crippen molar-refractivity contribution in [2.45, 2.75) is 19.4 Å². The highest BCUT2D eigenvalue weighted by atomic mass is 16.5. The fraction of sp³-hybridized carbons (Fsp3) is 0.400. The molecule has 2 N–H and O–H groups in total. The van der Waals surface area contributed by atoms with E-state index in [1.165, 1.54) is 6.07 Å². The lowest BCUT2D eigenvalue weighted by molar-refractivity contribution is 0.194. The summed E-state index contributed by atoms with van der Waals surface area (Å²) in [7, 11) is 1.54. The van der Waals surface area contributed by atoms with Gasteiger partial charge >= 0.3 is 0 Å². The van der Waals surface area contributed by atoms with Gasteiger partial charge in [-0.1, -0.05) is 6.07 Å². The van der Waals surface area contributed by atoms with Crippen molar-refractivity contribution in [3.05, 3.63) is 23.8 Å². The number of rotatable bonds is 3. The van der Waals surface area contributed by atoms with Gasteiger partial charge in [-0.25, -0.2) is 0 Å². The number of phenolic OH excluding ortho intramolecular Hbond substituents is 1. The minimum Gasteiger partial charge on any atom is -0.508 e. The van der Waals surface area contributed by atoms with Crippen LogP contribution < -0.4 is 4.74 Å². The summed E-state index contributed by atoms with van der Waals surface area (Å²) in [6.45, 7) is 1.71. The Labute approximate surface area is 77.6 Å². The molecule has 1 rings (SSSR count). The molecule has 0 amide bonds. The van der Waals surface area contributed by atoms with Gasteiger partial charge in [-0.15, -0.1) is 0 Å². The second-order valence-electron chi connectivity index (χ2n) is 3.05. The van der Waals surface area contributed by atoms with Crippen LogP contribution in [0.1, 0.15) is 12.5 Å². The Bertz CT molecular complexity index is 281. The van der Waals surface area contributed by atoms with E-state index in [4.69, 9.17) is 9.84 Å². The van der Waals surface area contributed by atoms with Gasteiger partial charge in [0.1, 0.15) is 11.5 Å². The largest absolute Gasteiger partial charge is 0.508 e. The summed E-state index contributed by atoms with van der Waals surface area (Å²) in [6.07, 6.45) is 0.127. The van der Waals surface area contributed by atoms with E-state index in [2.05, 4.69) is 0 Å². The fourth-order valence-corrected chi connectivity index (χ4v) is 1.22. The van der Waals surface area contributed by atoms with Gasteiger partial charge in [-0.3, -0.25) is 0 Å². The van der Waals surface area contributed by atoms with E-state index in [1.807, 2.05) is 0 Å². The van der Waals surface area contributed by atoms with E-state index in [0.717, 1.165) is 5.56 Å². The van der Waals surface area contributed by atoms with Crippen LogP contribution >= 0.6 is 0 Å². The maximum absolute atomic E-state index is 9.18. The molecule has 72 valence electrons. The molecular weight excluding hydrogens is 168 g/mol. The van der Waals surface area contributed by atoms with Crippen LogP contribution in [0, 0.1) is 0 Å². The normalized spacial score (nSPS) is 12.5. The van der Waals surface area contributed by atoms with Crippen molar-refractivity contribution in [1.29, 1.82) is 0 Å². The summed E-state index contributed by atoms with van der Waals surface area (Å²) in [4.78, 5) is 0. The van der Waals surface area contributed by atoms with Gasteiger partial charge in [0.05, 0.1) is 13.2 Å². The van der Waals surface area contributed by atoms with Crippen LogP contribution in [0.2, 0.25) is 0 Å². The molecule has 13 heavy (non-hydrogen) atoms. The summed E-state index contributed by atoms with van der Waals surface area (Å²) < 4.78 is 5.06. The highest BCUT2D eigenvalue weighted by Crippen LogP contribution is 2.24. The molecule has 0 aliphatic carbocycles. The first kappa shape index (κ1) is 9.86. The molecule has 1 atom stereocenters. The van der Waals surface area contributed by atoms with Crippen molar-refractivity contribution in [3.8, 4) is 11.5 Å². The second-order valence-corrected chi connectivity index (χ2v) is 3.05. The van der Waals surface area contributed by atoms with Crippen molar-refractivity contribution in [1.82, 2.24) is 0 Å². The first-order valence-electron chi connectivity index (χ1n) is 4.17. The highest BCUT2D eigenvalue weighted by molar-refractivity contribution is 5.40. The molecule has 0 saturated carbocycles. The quantitative estimate of drug-likeness (QED) is 0.741. The molecule has 3 heteroatoms. The Morgan fingerprint density at radius 2 is 2.15 bits per heavy atom. The number of ether oxygens (including phenoxy) is 1. The zero-order valence-corrected chi connectivity index (χ0v) is 7.82. The van der Waals surface area contributed by atoms with E-state index in [0.29, 0.717) is 12.2 Å². The number of phenols is 1. The summed E-state index contributed by atoms with van der Waals surface area (Å²) in [5.41, 5.74) is 0.898. The number of aliphatic hydroxyl groups is 1. The molecular formula is C10H14O3. The minimum absolute atomic E-state index is 0.172. The maximum atomic E-state index is 9.18. The standard InChI is InChI=1S/C10H14O3/c1-7(11)5-8-3-4-9(12)6-10(8)13-2/h3-4,6-7,11-12H,5H2,1-2H3. The van der Waals surface area contributed by atoms with Crippen LogP contribution in [0.25, 0.3) is 0 Å². The average Bonchev–Trinajstić information content (AvgIpc) is 2.07. The van der Waals surface area contributed by atoms with E-state index < -0.39 is 6.10 Å². The van der Waals surface area contributed by atoms with Crippen LogP contribution in [0.4, 0.5) is 0 Å². The van der Waals surface area contributed by atoms with Gasteiger partial charge in [-0.2, -0.15) is 0 Å². The zero-order chi connectivity index (χ0) is 9.84. The van der Waals surface area contributed by atoms with E-state index >= 15 is 0 Å². The number of hydrogen-bond acceptors (Lipinski definition) is 3. The van der Waals surface area contributed by atoms with Crippen molar-refractivity contribution in [2.75, 3.05) is 7.11 Å². The average molecular weight is 182 g/mol. The number of aromatic hydroxyl groups is 1. The fourth-order valence-electron chi connectivity index (χ4n) is 1.22. The summed E-state index contributed by atoms with van der Waals surface area (Å²) in [5, 5.41) is 18.3. The lowest BCUT2D eigenvalue weighted by atomic mass is 10.1. The lowest BCUT2D eigenvalue weighted by Gasteiger charge is -2.09. The van der Waals surface area contributed by atoms with Gasteiger partial charge < -0.3 is 14.9 Å². The van der Waals surface area contributed by atoms with Crippen molar-refractivity contribution < 1.29 is 14.9 Å². The number of benzene rings is 1. The van der Waals surface area contributed by atoms with Crippen molar-refractivity contribution >= 4 is 0 Å². The van der Waals surface area contributed by atoms with E-state index in [9.17, 15) is 5.11 Å². The van der Waals surface area contributed by atoms with Crippen molar-refractivity contribution in [3.63, 3.8) is 0 Å². The van der Waals surface area contributed by atoms with Crippen LogP contribution in [-0.2, 0) is 6.42 Å². The molecule has 0 fully saturated rings. The van der Waals surface area contributed by atoms with Gasteiger partial charge in [0, 0.05) is 12.5 Å². The molecule has 0 spiro atoms. The molecule has 0 bridgehead atoms. The predicted molar refractivity (Wildman–Crippen MR) is 50.0 cm³/mol. The molecule has 0 aromatic heterocycles. The second kappa shape index (κ2) is 4.14. The molecule has 1 unspecified atom stereocenters. The first-order valence-corrected chi connectivity index (χ1v) is 4.17. The third kappa shape index (κ3) is 2.63.